The van der Waals surface area contributed by atoms with Crippen LogP contribution in [0.2, 0.25) is 0 Å². The summed E-state index contributed by atoms with van der Waals surface area (Å²) in [6.45, 7) is 0. The summed E-state index contributed by atoms with van der Waals surface area (Å²) in [6.07, 6.45) is 0. The molecule has 2 N–H and O–H groups in total. The number of rotatable bonds is 4. The first-order valence-corrected chi connectivity index (χ1v) is 7.92. The second-order valence-electron chi connectivity index (χ2n) is 5.45. The molecule has 2 aromatic carbocycles. The number of nitrogens with zero attached hydrogens (tertiary/aromatic N) is 2. The molecule has 0 aliphatic carbocycles. The molecule has 0 saturated heterocycles. The highest BCUT2D eigenvalue weighted by Gasteiger charge is 2.15. The van der Waals surface area contributed by atoms with Crippen molar-refractivity contribution in [3.05, 3.63) is 89.5 Å². The van der Waals surface area contributed by atoms with Crippen LogP contribution >= 0.6 is 0 Å². The average Bonchev–Trinajstić information content (AvgIpc) is 2.70. The van der Waals surface area contributed by atoms with Gasteiger partial charge in [-0.25, -0.2) is 9.37 Å². The quantitative estimate of drug-likeness (QED) is 0.743. The minimum atomic E-state index is -0.646. The van der Waals surface area contributed by atoms with Crippen molar-refractivity contribution in [3.8, 4) is 6.07 Å². The second kappa shape index (κ2) is 7.89. The van der Waals surface area contributed by atoms with Crippen LogP contribution in [-0.2, 0) is 0 Å². The van der Waals surface area contributed by atoms with Gasteiger partial charge in [0.25, 0.3) is 11.8 Å². The number of hydrogen-bond donors (Lipinski definition) is 2. The summed E-state index contributed by atoms with van der Waals surface area (Å²) in [5.74, 6) is -1.79. The maximum atomic E-state index is 13.7. The zero-order valence-electron chi connectivity index (χ0n) is 13.9. The number of anilines is 2. The Hall–Kier alpha value is -4.05. The number of carbonyl (C=O) groups is 2. The minimum absolute atomic E-state index is 0.0103. The molecule has 2 amide bonds. The van der Waals surface area contributed by atoms with Crippen molar-refractivity contribution in [1.29, 1.82) is 5.26 Å². The van der Waals surface area contributed by atoms with Gasteiger partial charge in [-0.15, -0.1) is 0 Å². The molecule has 27 heavy (non-hydrogen) atoms. The third-order valence-corrected chi connectivity index (χ3v) is 3.63. The molecule has 3 rings (SSSR count). The summed E-state index contributed by atoms with van der Waals surface area (Å²) >= 11 is 0. The molecule has 0 radical (unpaired) electrons. The molecule has 0 atom stereocenters. The number of hydrogen-bond acceptors (Lipinski definition) is 4. The molecule has 0 aliphatic heterocycles. The number of aromatic nitrogens is 1. The molecule has 1 aromatic heterocycles. The smallest absolute Gasteiger partial charge is 0.274 e. The van der Waals surface area contributed by atoms with E-state index in [1.54, 1.807) is 30.3 Å². The molecular formula is C20H13FN4O2. The maximum absolute atomic E-state index is 13.7. The Bertz CT molecular complexity index is 1060. The van der Waals surface area contributed by atoms with Gasteiger partial charge in [0.1, 0.15) is 23.3 Å². The predicted octanol–water partition coefficient (Wildman–Crippen LogP) is 3.60. The second-order valence-corrected chi connectivity index (χ2v) is 5.45. The molecule has 0 spiro atoms. The first kappa shape index (κ1) is 17.8. The predicted molar refractivity (Wildman–Crippen MR) is 97.7 cm³/mol. The van der Waals surface area contributed by atoms with E-state index < -0.39 is 17.6 Å². The van der Waals surface area contributed by atoms with E-state index in [-0.39, 0.29) is 17.1 Å². The van der Waals surface area contributed by atoms with Crippen molar-refractivity contribution in [2.24, 2.45) is 0 Å². The van der Waals surface area contributed by atoms with Gasteiger partial charge in [-0.2, -0.15) is 5.26 Å². The molecule has 0 unspecified atom stereocenters. The number of nitrogens with one attached hydrogen (secondary N) is 2. The Labute approximate surface area is 154 Å². The van der Waals surface area contributed by atoms with E-state index in [4.69, 9.17) is 5.26 Å². The molecule has 0 aliphatic rings. The van der Waals surface area contributed by atoms with Crippen LogP contribution in [-0.4, -0.2) is 16.8 Å². The van der Waals surface area contributed by atoms with Crippen LogP contribution in [0.25, 0.3) is 0 Å². The van der Waals surface area contributed by atoms with Crippen molar-refractivity contribution in [2.45, 2.75) is 0 Å². The van der Waals surface area contributed by atoms with E-state index in [1.807, 2.05) is 6.07 Å². The number of carbonyl (C=O) groups excluding carboxylic acids is 2. The normalized spacial score (nSPS) is 9.93. The molecule has 1 heterocycles. The van der Waals surface area contributed by atoms with Crippen LogP contribution in [0.15, 0.2) is 66.7 Å². The van der Waals surface area contributed by atoms with Crippen molar-refractivity contribution < 1.29 is 14.0 Å². The van der Waals surface area contributed by atoms with Crippen molar-refractivity contribution in [2.75, 3.05) is 10.6 Å². The molecular weight excluding hydrogens is 347 g/mol. The topological polar surface area (TPSA) is 94.9 Å². The maximum Gasteiger partial charge on any atom is 0.274 e. The molecule has 3 aromatic rings. The first-order valence-electron chi connectivity index (χ1n) is 7.92. The van der Waals surface area contributed by atoms with E-state index in [2.05, 4.69) is 15.6 Å². The number of halogens is 1. The summed E-state index contributed by atoms with van der Waals surface area (Å²) in [5, 5.41) is 14.1. The van der Waals surface area contributed by atoms with Crippen LogP contribution in [0.1, 0.15) is 26.5 Å². The largest absolute Gasteiger partial charge is 0.319 e. The van der Waals surface area contributed by atoms with Gasteiger partial charge in [-0.05, 0) is 36.4 Å². The van der Waals surface area contributed by atoms with Crippen LogP contribution in [0.3, 0.4) is 0 Å². The van der Waals surface area contributed by atoms with Gasteiger partial charge in [-0.3, -0.25) is 9.59 Å². The van der Waals surface area contributed by atoms with Gasteiger partial charge in [0.15, 0.2) is 0 Å². The lowest BCUT2D eigenvalue weighted by Gasteiger charge is -2.08. The summed E-state index contributed by atoms with van der Waals surface area (Å²) < 4.78 is 13.7. The van der Waals surface area contributed by atoms with Gasteiger partial charge in [0, 0.05) is 0 Å². The Balaban J connectivity index is 1.79. The summed E-state index contributed by atoms with van der Waals surface area (Å²) in [4.78, 5) is 28.7. The number of nitriles is 1. The highest BCUT2D eigenvalue weighted by Crippen LogP contribution is 2.16. The fourth-order valence-corrected chi connectivity index (χ4v) is 2.31. The van der Waals surface area contributed by atoms with E-state index in [9.17, 15) is 14.0 Å². The first-order chi connectivity index (χ1) is 13.1. The Kier molecular flexibility index (Phi) is 5.19. The monoisotopic (exact) mass is 360 g/mol. The highest BCUT2D eigenvalue weighted by atomic mass is 19.1. The average molecular weight is 360 g/mol. The van der Waals surface area contributed by atoms with E-state index in [1.165, 1.54) is 36.4 Å². The summed E-state index contributed by atoms with van der Waals surface area (Å²) in [6, 6.07) is 18.6. The van der Waals surface area contributed by atoms with Gasteiger partial charge >= 0.3 is 0 Å². The van der Waals surface area contributed by atoms with Crippen LogP contribution in [0.4, 0.5) is 15.8 Å². The van der Waals surface area contributed by atoms with E-state index >= 15 is 0 Å². The number of para-hydroxylation sites is 2. The Morgan fingerprint density at radius 1 is 0.815 bits per heavy atom. The Morgan fingerprint density at radius 2 is 1.37 bits per heavy atom. The molecule has 7 heteroatoms. The molecule has 6 nitrogen and oxygen atoms in total. The lowest BCUT2D eigenvalue weighted by molar-refractivity contribution is 0.101. The fourth-order valence-electron chi connectivity index (χ4n) is 2.31. The third-order valence-electron chi connectivity index (χ3n) is 3.63. The van der Waals surface area contributed by atoms with E-state index in [0.717, 1.165) is 0 Å². The van der Waals surface area contributed by atoms with E-state index in [0.29, 0.717) is 11.3 Å². The zero-order valence-corrected chi connectivity index (χ0v) is 13.9. The Morgan fingerprint density at radius 3 is 2.00 bits per heavy atom. The van der Waals surface area contributed by atoms with Crippen molar-refractivity contribution in [1.82, 2.24) is 4.98 Å². The molecule has 0 saturated carbocycles. The number of amides is 2. The fraction of sp³-hybridized carbons (Fsp3) is 0. The van der Waals surface area contributed by atoms with Crippen LogP contribution in [0, 0.1) is 17.1 Å². The lowest BCUT2D eigenvalue weighted by atomic mass is 10.2. The third kappa shape index (κ3) is 4.14. The number of benzene rings is 2. The summed E-state index contributed by atoms with van der Waals surface area (Å²) in [5.41, 5.74) is 0.609. The zero-order chi connectivity index (χ0) is 19.2. The molecule has 132 valence electrons. The highest BCUT2D eigenvalue weighted by molar-refractivity contribution is 6.06. The minimum Gasteiger partial charge on any atom is -0.319 e. The standard InChI is InChI=1S/C20H13FN4O2/c21-14-7-2-4-9-16(14)25-20(27)18-11-5-10-17(23-18)19(26)24-15-8-3-1-6-13(15)12-22/h1-11H,(H,24,26)(H,25,27). The molecule has 0 fully saturated rings. The van der Waals surface area contributed by atoms with Gasteiger partial charge in [0.2, 0.25) is 0 Å². The van der Waals surface area contributed by atoms with Gasteiger partial charge in [0.05, 0.1) is 16.9 Å². The van der Waals surface area contributed by atoms with Gasteiger partial charge in [-0.1, -0.05) is 30.3 Å². The molecule has 0 bridgehead atoms. The van der Waals surface area contributed by atoms with Crippen molar-refractivity contribution in [3.63, 3.8) is 0 Å². The lowest BCUT2D eigenvalue weighted by Crippen LogP contribution is -2.19. The van der Waals surface area contributed by atoms with Gasteiger partial charge < -0.3 is 10.6 Å². The van der Waals surface area contributed by atoms with Crippen LogP contribution in [0.5, 0.6) is 0 Å². The number of pyridine rings is 1. The SMILES string of the molecule is N#Cc1ccccc1NC(=O)c1cccc(C(=O)Nc2ccccc2F)n1. The summed E-state index contributed by atoms with van der Waals surface area (Å²) in [7, 11) is 0. The van der Waals surface area contributed by atoms with Crippen LogP contribution < -0.4 is 10.6 Å². The van der Waals surface area contributed by atoms with Crippen molar-refractivity contribution >= 4 is 23.2 Å².